The Bertz CT molecular complexity index is 942. The van der Waals surface area contributed by atoms with Gasteiger partial charge in [-0.25, -0.2) is 9.36 Å². The lowest BCUT2D eigenvalue weighted by Crippen LogP contribution is -2.43. The number of hydrogen-bond acceptors (Lipinski definition) is 8. The van der Waals surface area contributed by atoms with E-state index in [9.17, 15) is 34.1 Å². The quantitative estimate of drug-likeness (QED) is 0.0215. The van der Waals surface area contributed by atoms with Crippen LogP contribution in [0, 0.1) is 0 Å². The Balaban J connectivity index is 3.98. The predicted molar refractivity (Wildman–Crippen MR) is 194 cm³/mol. The van der Waals surface area contributed by atoms with Crippen LogP contribution in [0.5, 0.6) is 0 Å². The fourth-order valence-electron chi connectivity index (χ4n) is 4.99. The summed E-state index contributed by atoms with van der Waals surface area (Å²) in [4.78, 5) is 45.6. The number of rotatable bonds is 35. The van der Waals surface area contributed by atoms with Crippen molar-refractivity contribution in [3.05, 3.63) is 24.3 Å². The number of aliphatic hydroxyl groups excluding tert-OH is 1. The molecule has 1 amide bonds. The van der Waals surface area contributed by atoms with Gasteiger partial charge < -0.3 is 25.2 Å². The molecule has 11 nitrogen and oxygen atoms in total. The van der Waals surface area contributed by atoms with Crippen LogP contribution < -0.4 is 5.32 Å². The van der Waals surface area contributed by atoms with Gasteiger partial charge in [-0.2, -0.15) is 0 Å². The summed E-state index contributed by atoms with van der Waals surface area (Å²) in [5, 5.41) is 21.7. The largest absolute Gasteiger partial charge is 0.480 e. The number of phosphoric ester groups is 1. The average Bonchev–Trinajstić information content (AvgIpc) is 3.07. The molecule has 0 heterocycles. The van der Waals surface area contributed by atoms with Crippen molar-refractivity contribution in [3.8, 4) is 0 Å². The third kappa shape index (κ3) is 32.9. The fourth-order valence-corrected chi connectivity index (χ4v) is 5.76. The summed E-state index contributed by atoms with van der Waals surface area (Å²) in [6, 6.07) is -1.55. The van der Waals surface area contributed by atoms with Gasteiger partial charge in [-0.15, -0.1) is 0 Å². The van der Waals surface area contributed by atoms with Crippen molar-refractivity contribution in [2.24, 2.45) is 0 Å². The minimum Gasteiger partial charge on any atom is -0.480 e. The SMILES string of the molecule is CCCCC/C=C\C/C=C\CCCCCCCCCC(=O)NC(COP(=O)(O)OCC(O)COC(=O)CCCCCCCCCC)C(=O)O. The molecule has 0 rings (SSSR count). The monoisotopic (exact) mass is 717 g/mol. The zero-order chi connectivity index (χ0) is 36.4. The number of carboxylic acid groups (broad SMARTS) is 1. The molecule has 12 heteroatoms. The topological polar surface area (TPSA) is 169 Å². The van der Waals surface area contributed by atoms with Crippen LogP contribution in [0.4, 0.5) is 0 Å². The van der Waals surface area contributed by atoms with E-state index in [1.165, 1.54) is 64.2 Å². The number of phosphoric acid groups is 1. The number of nitrogens with one attached hydrogen (secondary N) is 1. The molecule has 49 heavy (non-hydrogen) atoms. The third-order valence-corrected chi connectivity index (χ3v) is 8.94. The number of carbonyl (C=O) groups is 3. The molecule has 3 atom stereocenters. The Hall–Kier alpha value is -2.04. The van der Waals surface area contributed by atoms with Crippen molar-refractivity contribution in [1.82, 2.24) is 5.32 Å². The lowest BCUT2D eigenvalue weighted by Gasteiger charge is -2.18. The Morgan fingerprint density at radius 2 is 1.12 bits per heavy atom. The van der Waals surface area contributed by atoms with Gasteiger partial charge in [-0.05, 0) is 44.9 Å². The van der Waals surface area contributed by atoms with Gasteiger partial charge in [-0.1, -0.05) is 128 Å². The molecule has 0 aromatic rings. The number of allylic oxidation sites excluding steroid dienone is 4. The molecular formula is C37H68NO10P. The third-order valence-electron chi connectivity index (χ3n) is 7.99. The van der Waals surface area contributed by atoms with E-state index in [0.717, 1.165) is 57.8 Å². The zero-order valence-electron chi connectivity index (χ0n) is 30.5. The molecule has 0 aliphatic rings. The maximum absolute atomic E-state index is 12.3. The standard InChI is InChI=1S/C37H68NO10P/c1-3-5-7-9-11-13-14-15-16-17-18-19-20-21-22-24-26-28-35(40)38-34(37(42)43)32-48-49(44,45)47-31-33(39)30-46-36(41)29-27-25-23-12-10-8-6-4-2/h11,13,15-16,33-34,39H,3-10,12,14,17-32H2,1-2H3,(H,38,40)(H,42,43)(H,44,45)/b13-11-,16-15-. The highest BCUT2D eigenvalue weighted by atomic mass is 31.2. The van der Waals surface area contributed by atoms with E-state index in [2.05, 4.69) is 43.5 Å². The second-order valence-corrected chi connectivity index (χ2v) is 14.2. The molecule has 0 saturated heterocycles. The first-order valence-electron chi connectivity index (χ1n) is 18.9. The molecular weight excluding hydrogens is 649 g/mol. The van der Waals surface area contributed by atoms with Gasteiger partial charge in [0.2, 0.25) is 5.91 Å². The first-order valence-corrected chi connectivity index (χ1v) is 20.4. The summed E-state index contributed by atoms with van der Waals surface area (Å²) in [6.07, 6.45) is 30.8. The Kier molecular flexibility index (Phi) is 31.7. The molecule has 0 radical (unpaired) electrons. The lowest BCUT2D eigenvalue weighted by molar-refractivity contribution is -0.147. The number of unbranched alkanes of at least 4 members (excludes halogenated alkanes) is 17. The maximum atomic E-state index is 12.3. The average molecular weight is 718 g/mol. The number of amides is 1. The van der Waals surface area contributed by atoms with Crippen molar-refractivity contribution in [2.75, 3.05) is 19.8 Å². The smallest absolute Gasteiger partial charge is 0.472 e. The Morgan fingerprint density at radius 3 is 1.69 bits per heavy atom. The van der Waals surface area contributed by atoms with Gasteiger partial charge in [0.25, 0.3) is 0 Å². The molecule has 3 unspecified atom stereocenters. The first-order chi connectivity index (χ1) is 23.6. The number of ether oxygens (including phenoxy) is 1. The molecule has 4 N–H and O–H groups in total. The second kappa shape index (κ2) is 33.1. The van der Waals surface area contributed by atoms with Crippen molar-refractivity contribution >= 4 is 25.7 Å². The zero-order valence-corrected chi connectivity index (χ0v) is 31.4. The molecule has 0 bridgehead atoms. The first kappa shape index (κ1) is 47.0. The van der Waals surface area contributed by atoms with Gasteiger partial charge >= 0.3 is 19.8 Å². The van der Waals surface area contributed by atoms with Crippen LogP contribution in [0.1, 0.15) is 162 Å². The highest BCUT2D eigenvalue weighted by molar-refractivity contribution is 7.47. The summed E-state index contributed by atoms with van der Waals surface area (Å²) < 4.78 is 26.6. The summed E-state index contributed by atoms with van der Waals surface area (Å²) in [7, 11) is -4.74. The van der Waals surface area contributed by atoms with Crippen molar-refractivity contribution in [2.45, 2.75) is 174 Å². The van der Waals surface area contributed by atoms with Gasteiger partial charge in [-0.3, -0.25) is 18.6 Å². The van der Waals surface area contributed by atoms with E-state index in [0.29, 0.717) is 12.8 Å². The fraction of sp³-hybridized carbons (Fsp3) is 0.811. The number of aliphatic hydroxyl groups is 1. The highest BCUT2D eigenvalue weighted by Gasteiger charge is 2.28. The van der Waals surface area contributed by atoms with Crippen LogP contribution in [0.25, 0.3) is 0 Å². The van der Waals surface area contributed by atoms with Crippen LogP contribution in [0.3, 0.4) is 0 Å². The van der Waals surface area contributed by atoms with Crippen LogP contribution in [-0.2, 0) is 32.7 Å². The Labute approximate surface area is 296 Å². The van der Waals surface area contributed by atoms with E-state index in [-0.39, 0.29) is 12.8 Å². The van der Waals surface area contributed by atoms with Crippen molar-refractivity contribution in [3.63, 3.8) is 0 Å². The summed E-state index contributed by atoms with van der Waals surface area (Å²) in [6.45, 7) is 2.50. The van der Waals surface area contributed by atoms with E-state index >= 15 is 0 Å². The molecule has 0 aromatic carbocycles. The van der Waals surface area contributed by atoms with Gasteiger partial charge in [0, 0.05) is 12.8 Å². The van der Waals surface area contributed by atoms with Gasteiger partial charge in [0.15, 0.2) is 6.04 Å². The molecule has 0 fully saturated rings. The second-order valence-electron chi connectivity index (χ2n) is 12.8. The molecule has 0 aliphatic heterocycles. The van der Waals surface area contributed by atoms with E-state index in [1.54, 1.807) is 0 Å². The molecule has 0 spiro atoms. The van der Waals surface area contributed by atoms with E-state index in [4.69, 9.17) is 13.8 Å². The van der Waals surface area contributed by atoms with Crippen molar-refractivity contribution < 1.29 is 47.8 Å². The minimum atomic E-state index is -4.74. The molecule has 0 saturated carbocycles. The molecule has 0 aromatic heterocycles. The number of hydrogen-bond donors (Lipinski definition) is 4. The summed E-state index contributed by atoms with van der Waals surface area (Å²) in [5.74, 6) is -2.39. The summed E-state index contributed by atoms with van der Waals surface area (Å²) in [5.41, 5.74) is 0. The minimum absolute atomic E-state index is 0.138. The number of esters is 1. The molecule has 0 aliphatic carbocycles. The lowest BCUT2D eigenvalue weighted by atomic mass is 10.1. The van der Waals surface area contributed by atoms with Crippen LogP contribution in [0.15, 0.2) is 24.3 Å². The van der Waals surface area contributed by atoms with E-state index < -0.39 is 57.6 Å². The molecule has 286 valence electrons. The number of carboxylic acids is 1. The van der Waals surface area contributed by atoms with Crippen LogP contribution in [-0.4, -0.2) is 64.9 Å². The Morgan fingerprint density at radius 1 is 0.653 bits per heavy atom. The summed E-state index contributed by atoms with van der Waals surface area (Å²) >= 11 is 0. The van der Waals surface area contributed by atoms with Crippen LogP contribution in [0.2, 0.25) is 0 Å². The number of aliphatic carboxylic acids is 1. The van der Waals surface area contributed by atoms with E-state index in [1.807, 2.05) is 0 Å². The number of carbonyl (C=O) groups excluding carboxylic acids is 2. The van der Waals surface area contributed by atoms with Crippen LogP contribution >= 0.6 is 7.82 Å². The highest BCUT2D eigenvalue weighted by Crippen LogP contribution is 2.43. The predicted octanol–water partition coefficient (Wildman–Crippen LogP) is 8.72. The van der Waals surface area contributed by atoms with Crippen molar-refractivity contribution in [1.29, 1.82) is 0 Å². The van der Waals surface area contributed by atoms with Gasteiger partial charge in [0.05, 0.1) is 13.2 Å². The maximum Gasteiger partial charge on any atom is 0.472 e. The van der Waals surface area contributed by atoms with Gasteiger partial charge in [0.1, 0.15) is 12.7 Å². The normalized spacial score (nSPS) is 14.2.